The molecule has 0 aliphatic carbocycles. The van der Waals surface area contributed by atoms with Gasteiger partial charge >= 0.3 is 0 Å². The lowest BCUT2D eigenvalue weighted by molar-refractivity contribution is 0.101. The molecule has 3 aromatic rings. The Morgan fingerprint density at radius 3 is 1.81 bits per heavy atom. The van der Waals surface area contributed by atoms with Gasteiger partial charge in [-0.05, 0) is 30.2 Å². The highest BCUT2D eigenvalue weighted by atomic mass is 16.1. The molecule has 138 valence electrons. The van der Waals surface area contributed by atoms with Crippen LogP contribution in [0.15, 0.2) is 66.7 Å². The van der Waals surface area contributed by atoms with Gasteiger partial charge in [-0.3, -0.25) is 4.79 Å². The van der Waals surface area contributed by atoms with E-state index in [0.717, 1.165) is 22.4 Å². The molecule has 0 fully saturated rings. The van der Waals surface area contributed by atoms with Gasteiger partial charge in [0.2, 0.25) is 0 Å². The lowest BCUT2D eigenvalue weighted by Gasteiger charge is -2.23. The molecule has 0 N–H and O–H groups in total. The van der Waals surface area contributed by atoms with Gasteiger partial charge in [-0.1, -0.05) is 54.6 Å². The van der Waals surface area contributed by atoms with E-state index in [1.807, 2.05) is 24.3 Å². The third-order valence-corrected chi connectivity index (χ3v) is 4.78. The van der Waals surface area contributed by atoms with Crippen molar-refractivity contribution in [2.45, 2.75) is 6.92 Å². The summed E-state index contributed by atoms with van der Waals surface area (Å²) in [4.78, 5) is 15.8. The highest BCUT2D eigenvalue weighted by Crippen LogP contribution is 2.38. The van der Waals surface area contributed by atoms with Crippen molar-refractivity contribution in [3.63, 3.8) is 0 Å². The van der Waals surface area contributed by atoms with Gasteiger partial charge in [0.15, 0.2) is 5.78 Å². The number of hydrogen-bond acceptors (Lipinski definition) is 3. The van der Waals surface area contributed by atoms with Crippen molar-refractivity contribution in [3.8, 4) is 22.3 Å². The molecular formula is C24H26N2O. The first-order valence-electron chi connectivity index (χ1n) is 9.08. The standard InChI is InChI=1S/C24H26N2O/c1-17(27)18-10-12-19(13-11-18)20-14-15-22(24(16-20)26(4)5)21-8-6-7-9-23(21)25(2)3/h6-16H,1-5H3. The molecule has 27 heavy (non-hydrogen) atoms. The lowest BCUT2D eigenvalue weighted by atomic mass is 9.96. The summed E-state index contributed by atoms with van der Waals surface area (Å²) in [6, 6.07) is 22.8. The fourth-order valence-corrected chi connectivity index (χ4v) is 3.30. The van der Waals surface area contributed by atoms with E-state index in [2.05, 4.69) is 80.5 Å². The molecular weight excluding hydrogens is 332 g/mol. The SMILES string of the molecule is CC(=O)c1ccc(-c2ccc(-c3ccccc3N(C)C)c(N(C)C)c2)cc1. The van der Waals surface area contributed by atoms with E-state index >= 15 is 0 Å². The van der Waals surface area contributed by atoms with Crippen molar-refractivity contribution in [3.05, 3.63) is 72.3 Å². The average molecular weight is 358 g/mol. The van der Waals surface area contributed by atoms with E-state index in [0.29, 0.717) is 0 Å². The van der Waals surface area contributed by atoms with Crippen molar-refractivity contribution in [1.29, 1.82) is 0 Å². The molecule has 0 unspecified atom stereocenters. The summed E-state index contributed by atoms with van der Waals surface area (Å²) < 4.78 is 0. The number of benzene rings is 3. The Kier molecular flexibility index (Phi) is 5.31. The fourth-order valence-electron chi connectivity index (χ4n) is 3.30. The van der Waals surface area contributed by atoms with E-state index < -0.39 is 0 Å². The lowest BCUT2D eigenvalue weighted by Crippen LogP contribution is -2.13. The molecule has 3 heteroatoms. The number of carbonyl (C=O) groups excluding carboxylic acids is 1. The van der Waals surface area contributed by atoms with Crippen molar-refractivity contribution < 1.29 is 4.79 Å². The third-order valence-electron chi connectivity index (χ3n) is 4.78. The highest BCUT2D eigenvalue weighted by molar-refractivity contribution is 5.95. The molecule has 0 saturated heterocycles. The number of para-hydroxylation sites is 1. The molecule has 3 rings (SSSR count). The largest absolute Gasteiger partial charge is 0.377 e. The Bertz CT molecular complexity index is 956. The summed E-state index contributed by atoms with van der Waals surface area (Å²) in [6.45, 7) is 1.59. The van der Waals surface area contributed by atoms with Crippen LogP contribution in [0, 0.1) is 0 Å². The van der Waals surface area contributed by atoms with Crippen molar-refractivity contribution in [2.75, 3.05) is 38.0 Å². The molecule has 0 aromatic heterocycles. The summed E-state index contributed by atoms with van der Waals surface area (Å²) in [6.07, 6.45) is 0. The van der Waals surface area contributed by atoms with Gasteiger partial charge in [-0.2, -0.15) is 0 Å². The number of ketones is 1. The molecule has 0 amide bonds. The van der Waals surface area contributed by atoms with Crippen molar-refractivity contribution in [2.24, 2.45) is 0 Å². The normalized spacial score (nSPS) is 10.6. The van der Waals surface area contributed by atoms with Crippen molar-refractivity contribution >= 4 is 17.2 Å². The van der Waals surface area contributed by atoms with Crippen LogP contribution in [0.4, 0.5) is 11.4 Å². The molecule has 3 aromatic carbocycles. The van der Waals surface area contributed by atoms with Crippen LogP contribution in [-0.4, -0.2) is 34.0 Å². The summed E-state index contributed by atoms with van der Waals surface area (Å²) in [5.74, 6) is 0.0890. The van der Waals surface area contributed by atoms with Crippen LogP contribution in [0.3, 0.4) is 0 Å². The predicted molar refractivity (Wildman–Crippen MR) is 116 cm³/mol. The monoisotopic (exact) mass is 358 g/mol. The van der Waals surface area contributed by atoms with Crippen LogP contribution >= 0.6 is 0 Å². The molecule has 0 atom stereocenters. The predicted octanol–water partition coefficient (Wildman–Crippen LogP) is 5.36. The number of anilines is 2. The number of carbonyl (C=O) groups is 1. The van der Waals surface area contributed by atoms with Crippen LogP contribution in [-0.2, 0) is 0 Å². The van der Waals surface area contributed by atoms with Gasteiger partial charge in [-0.15, -0.1) is 0 Å². The van der Waals surface area contributed by atoms with E-state index in [-0.39, 0.29) is 5.78 Å². The molecule has 3 nitrogen and oxygen atoms in total. The second kappa shape index (κ2) is 7.67. The number of rotatable bonds is 5. The van der Waals surface area contributed by atoms with Gasteiger partial charge in [-0.25, -0.2) is 0 Å². The van der Waals surface area contributed by atoms with Gasteiger partial charge in [0.1, 0.15) is 0 Å². The summed E-state index contributed by atoms with van der Waals surface area (Å²) in [7, 11) is 8.28. The van der Waals surface area contributed by atoms with Crippen LogP contribution in [0.1, 0.15) is 17.3 Å². The molecule has 0 heterocycles. The minimum atomic E-state index is 0.0890. The smallest absolute Gasteiger partial charge is 0.159 e. The zero-order valence-corrected chi connectivity index (χ0v) is 16.7. The molecule has 0 saturated carbocycles. The van der Waals surface area contributed by atoms with Gasteiger partial charge in [0, 0.05) is 56.3 Å². The maximum atomic E-state index is 11.5. The second-order valence-corrected chi connectivity index (χ2v) is 7.17. The highest BCUT2D eigenvalue weighted by Gasteiger charge is 2.13. The zero-order chi connectivity index (χ0) is 19.6. The first-order chi connectivity index (χ1) is 12.9. The quantitative estimate of drug-likeness (QED) is 0.574. The molecule has 0 aliphatic rings. The number of hydrogen-bond donors (Lipinski definition) is 0. The van der Waals surface area contributed by atoms with Gasteiger partial charge in [0.05, 0.1) is 0 Å². The first-order valence-corrected chi connectivity index (χ1v) is 9.08. The Balaban J connectivity index is 2.10. The Morgan fingerprint density at radius 2 is 1.22 bits per heavy atom. The summed E-state index contributed by atoms with van der Waals surface area (Å²) in [5, 5.41) is 0. The van der Waals surface area contributed by atoms with Crippen LogP contribution in [0.5, 0.6) is 0 Å². The Hall–Kier alpha value is -3.07. The number of Topliss-reactive ketones (excluding diaryl/α,β-unsaturated/α-hetero) is 1. The summed E-state index contributed by atoms with van der Waals surface area (Å²) in [5.41, 5.74) is 7.76. The fraction of sp³-hybridized carbons (Fsp3) is 0.208. The molecule has 0 radical (unpaired) electrons. The van der Waals surface area contributed by atoms with Gasteiger partial charge in [0.25, 0.3) is 0 Å². The Morgan fingerprint density at radius 1 is 0.667 bits per heavy atom. The van der Waals surface area contributed by atoms with E-state index in [1.54, 1.807) is 6.92 Å². The topological polar surface area (TPSA) is 23.6 Å². The molecule has 0 spiro atoms. The average Bonchev–Trinajstić information content (AvgIpc) is 2.67. The van der Waals surface area contributed by atoms with E-state index in [4.69, 9.17) is 0 Å². The maximum absolute atomic E-state index is 11.5. The maximum Gasteiger partial charge on any atom is 0.159 e. The minimum Gasteiger partial charge on any atom is -0.377 e. The van der Waals surface area contributed by atoms with Crippen molar-refractivity contribution in [1.82, 2.24) is 0 Å². The van der Waals surface area contributed by atoms with E-state index in [9.17, 15) is 4.79 Å². The Labute approximate surface area is 161 Å². The van der Waals surface area contributed by atoms with E-state index in [1.165, 1.54) is 16.8 Å². The molecule has 0 bridgehead atoms. The zero-order valence-electron chi connectivity index (χ0n) is 16.7. The minimum absolute atomic E-state index is 0.0890. The van der Waals surface area contributed by atoms with Crippen LogP contribution < -0.4 is 9.80 Å². The third kappa shape index (κ3) is 3.87. The van der Waals surface area contributed by atoms with Crippen LogP contribution in [0.25, 0.3) is 22.3 Å². The van der Waals surface area contributed by atoms with Crippen LogP contribution in [0.2, 0.25) is 0 Å². The second-order valence-electron chi connectivity index (χ2n) is 7.17. The summed E-state index contributed by atoms with van der Waals surface area (Å²) >= 11 is 0. The molecule has 0 aliphatic heterocycles. The number of nitrogens with zero attached hydrogens (tertiary/aromatic N) is 2. The van der Waals surface area contributed by atoms with Gasteiger partial charge < -0.3 is 9.80 Å². The first kappa shape index (κ1) is 18.7.